The molecule has 140 valence electrons. The van der Waals surface area contributed by atoms with Crippen molar-refractivity contribution in [2.45, 2.75) is 11.0 Å². The van der Waals surface area contributed by atoms with Crippen molar-refractivity contribution in [1.29, 1.82) is 0 Å². The van der Waals surface area contributed by atoms with Crippen LogP contribution >= 0.6 is 11.8 Å². The number of benzene rings is 2. The number of carbonyl (C=O) groups is 1. The third kappa shape index (κ3) is 4.62. The summed E-state index contributed by atoms with van der Waals surface area (Å²) in [6, 6.07) is 10.7. The monoisotopic (exact) mass is 377 g/mol. The number of hydrogen-bond acceptors (Lipinski definition) is 6. The first-order chi connectivity index (χ1) is 12.5. The number of amides is 1. The quantitative estimate of drug-likeness (QED) is 0.689. The molecule has 2 rings (SSSR count). The lowest BCUT2D eigenvalue weighted by Gasteiger charge is -2.15. The van der Waals surface area contributed by atoms with E-state index >= 15 is 0 Å². The van der Waals surface area contributed by atoms with Crippen molar-refractivity contribution in [3.05, 3.63) is 47.5 Å². The number of carbonyl (C=O) groups excluding carboxylic acids is 1. The second-order valence-corrected chi connectivity index (χ2v) is 6.29. The highest BCUT2D eigenvalue weighted by molar-refractivity contribution is 7.98. The van der Waals surface area contributed by atoms with E-state index in [1.54, 1.807) is 23.9 Å². The molecule has 0 heterocycles. The summed E-state index contributed by atoms with van der Waals surface area (Å²) >= 11 is 1.63. The molecular formula is C19H23NO5S. The van der Waals surface area contributed by atoms with Gasteiger partial charge in [0, 0.05) is 17.0 Å². The number of methoxy groups -OCH3 is 3. The Morgan fingerprint density at radius 1 is 1.08 bits per heavy atom. The molecule has 0 aliphatic rings. The molecule has 0 aliphatic heterocycles. The summed E-state index contributed by atoms with van der Waals surface area (Å²) in [5, 5.41) is 13.0. The minimum atomic E-state index is -0.795. The molecule has 2 N–H and O–H groups in total. The highest BCUT2D eigenvalue weighted by Crippen LogP contribution is 2.38. The summed E-state index contributed by atoms with van der Waals surface area (Å²) in [7, 11) is 4.47. The maximum atomic E-state index is 12.4. The first-order valence-electron chi connectivity index (χ1n) is 7.94. The Labute approximate surface area is 157 Å². The van der Waals surface area contributed by atoms with Crippen LogP contribution in [0.25, 0.3) is 0 Å². The summed E-state index contributed by atoms with van der Waals surface area (Å²) in [6.07, 6.45) is 1.19. The van der Waals surface area contributed by atoms with Crippen LogP contribution < -0.4 is 19.5 Å². The van der Waals surface area contributed by atoms with Crippen molar-refractivity contribution in [2.75, 3.05) is 34.1 Å². The Morgan fingerprint density at radius 2 is 1.65 bits per heavy atom. The minimum Gasteiger partial charge on any atom is -0.493 e. The van der Waals surface area contributed by atoms with Gasteiger partial charge in [-0.25, -0.2) is 0 Å². The fourth-order valence-corrected chi connectivity index (χ4v) is 2.86. The molecule has 1 unspecified atom stereocenters. The van der Waals surface area contributed by atoms with Gasteiger partial charge in [0.25, 0.3) is 5.91 Å². The Hall–Kier alpha value is -2.38. The Balaban J connectivity index is 2.09. The zero-order valence-corrected chi connectivity index (χ0v) is 16.1. The molecule has 2 aromatic rings. The van der Waals surface area contributed by atoms with Crippen LogP contribution in [0, 0.1) is 0 Å². The van der Waals surface area contributed by atoms with Crippen LogP contribution in [0.1, 0.15) is 22.0 Å². The number of ether oxygens (including phenoxy) is 3. The molecule has 0 spiro atoms. The van der Waals surface area contributed by atoms with Crippen LogP contribution in [0.15, 0.2) is 41.3 Å². The van der Waals surface area contributed by atoms with E-state index in [0.717, 1.165) is 10.5 Å². The first kappa shape index (κ1) is 19.9. The van der Waals surface area contributed by atoms with E-state index < -0.39 is 6.10 Å². The Bertz CT molecular complexity index is 723. The van der Waals surface area contributed by atoms with E-state index in [4.69, 9.17) is 14.2 Å². The number of thioether (sulfide) groups is 1. The molecule has 1 amide bonds. The summed E-state index contributed by atoms with van der Waals surface area (Å²) in [5.74, 6) is 0.861. The van der Waals surface area contributed by atoms with Crippen LogP contribution in [0.4, 0.5) is 0 Å². The molecule has 0 fully saturated rings. The number of aliphatic hydroxyl groups is 1. The van der Waals surface area contributed by atoms with Gasteiger partial charge in [-0.15, -0.1) is 11.8 Å². The SMILES string of the molecule is COc1cc(C(=O)NCC(O)c2ccc(SC)cc2)cc(OC)c1OC. The van der Waals surface area contributed by atoms with Gasteiger partial charge in [-0.1, -0.05) is 12.1 Å². The fourth-order valence-electron chi connectivity index (χ4n) is 2.45. The average Bonchev–Trinajstić information content (AvgIpc) is 2.70. The second kappa shape index (κ2) is 9.35. The van der Waals surface area contributed by atoms with Crippen LogP contribution in [-0.4, -0.2) is 45.1 Å². The summed E-state index contributed by atoms with van der Waals surface area (Å²) < 4.78 is 15.7. The zero-order chi connectivity index (χ0) is 19.1. The van der Waals surface area contributed by atoms with E-state index in [9.17, 15) is 9.90 Å². The van der Waals surface area contributed by atoms with E-state index in [0.29, 0.717) is 22.8 Å². The molecule has 0 aliphatic carbocycles. The van der Waals surface area contributed by atoms with Gasteiger partial charge in [0.1, 0.15) is 0 Å². The largest absolute Gasteiger partial charge is 0.493 e. The van der Waals surface area contributed by atoms with Gasteiger partial charge in [-0.2, -0.15) is 0 Å². The number of aliphatic hydroxyl groups excluding tert-OH is 1. The van der Waals surface area contributed by atoms with Gasteiger partial charge in [0.15, 0.2) is 11.5 Å². The molecule has 0 aromatic heterocycles. The molecule has 0 saturated carbocycles. The van der Waals surface area contributed by atoms with Crippen LogP contribution in [-0.2, 0) is 0 Å². The van der Waals surface area contributed by atoms with Crippen molar-refractivity contribution in [2.24, 2.45) is 0 Å². The van der Waals surface area contributed by atoms with Gasteiger partial charge >= 0.3 is 0 Å². The molecule has 0 bridgehead atoms. The van der Waals surface area contributed by atoms with Crippen molar-refractivity contribution < 1.29 is 24.1 Å². The van der Waals surface area contributed by atoms with E-state index in [1.165, 1.54) is 21.3 Å². The average molecular weight is 377 g/mol. The third-order valence-electron chi connectivity index (χ3n) is 3.88. The maximum Gasteiger partial charge on any atom is 0.251 e. The van der Waals surface area contributed by atoms with Gasteiger partial charge in [0.05, 0.1) is 27.4 Å². The molecule has 7 heteroatoms. The van der Waals surface area contributed by atoms with E-state index in [2.05, 4.69) is 5.32 Å². The van der Waals surface area contributed by atoms with Gasteiger partial charge in [0.2, 0.25) is 5.75 Å². The second-order valence-electron chi connectivity index (χ2n) is 5.41. The summed E-state index contributed by atoms with van der Waals surface area (Å²) in [4.78, 5) is 13.6. The molecule has 6 nitrogen and oxygen atoms in total. The van der Waals surface area contributed by atoms with Crippen LogP contribution in [0.5, 0.6) is 17.2 Å². The molecule has 1 atom stereocenters. The summed E-state index contributed by atoms with van der Waals surface area (Å²) in [6.45, 7) is 0.0914. The molecule has 2 aromatic carbocycles. The number of hydrogen-bond donors (Lipinski definition) is 2. The molecule has 0 saturated heterocycles. The zero-order valence-electron chi connectivity index (χ0n) is 15.2. The van der Waals surface area contributed by atoms with Gasteiger partial charge in [-0.3, -0.25) is 4.79 Å². The van der Waals surface area contributed by atoms with Crippen molar-refractivity contribution in [3.63, 3.8) is 0 Å². The van der Waals surface area contributed by atoms with E-state index in [-0.39, 0.29) is 12.5 Å². The standard InChI is InChI=1S/C19H23NO5S/c1-23-16-9-13(10-17(24-2)18(16)25-3)19(22)20-11-15(21)12-5-7-14(26-4)8-6-12/h5-10,15,21H,11H2,1-4H3,(H,20,22). The molecule has 0 radical (unpaired) electrons. The van der Waals surface area contributed by atoms with Crippen molar-refractivity contribution in [1.82, 2.24) is 5.32 Å². The lowest BCUT2D eigenvalue weighted by molar-refractivity contribution is 0.0915. The summed E-state index contributed by atoms with van der Waals surface area (Å²) in [5.41, 5.74) is 1.09. The lowest BCUT2D eigenvalue weighted by atomic mass is 10.1. The highest BCUT2D eigenvalue weighted by Gasteiger charge is 2.18. The van der Waals surface area contributed by atoms with Gasteiger partial charge in [-0.05, 0) is 36.1 Å². The van der Waals surface area contributed by atoms with Crippen LogP contribution in [0.3, 0.4) is 0 Å². The molecule has 26 heavy (non-hydrogen) atoms. The Kier molecular flexibility index (Phi) is 7.17. The smallest absolute Gasteiger partial charge is 0.251 e. The Morgan fingerprint density at radius 3 is 2.12 bits per heavy atom. The number of nitrogens with one attached hydrogen (secondary N) is 1. The highest BCUT2D eigenvalue weighted by atomic mass is 32.2. The lowest BCUT2D eigenvalue weighted by Crippen LogP contribution is -2.28. The predicted molar refractivity (Wildman–Crippen MR) is 102 cm³/mol. The predicted octanol–water partition coefficient (Wildman–Crippen LogP) is 2.90. The molecular weight excluding hydrogens is 354 g/mol. The number of rotatable bonds is 8. The van der Waals surface area contributed by atoms with Gasteiger partial charge < -0.3 is 24.6 Å². The minimum absolute atomic E-state index is 0.0914. The van der Waals surface area contributed by atoms with Crippen molar-refractivity contribution >= 4 is 17.7 Å². The fraction of sp³-hybridized carbons (Fsp3) is 0.316. The maximum absolute atomic E-state index is 12.4. The topological polar surface area (TPSA) is 77.0 Å². The van der Waals surface area contributed by atoms with Crippen molar-refractivity contribution in [3.8, 4) is 17.2 Å². The third-order valence-corrected chi connectivity index (χ3v) is 4.63. The first-order valence-corrected chi connectivity index (χ1v) is 9.16. The van der Waals surface area contributed by atoms with Crippen LogP contribution in [0.2, 0.25) is 0 Å². The van der Waals surface area contributed by atoms with E-state index in [1.807, 2.05) is 30.5 Å². The normalized spacial score (nSPS) is 11.6.